The summed E-state index contributed by atoms with van der Waals surface area (Å²) in [5, 5.41) is 4.13. The van der Waals surface area contributed by atoms with Crippen molar-refractivity contribution in [3.8, 4) is 16.9 Å². The number of hydrogen-bond acceptors (Lipinski definition) is 4. The van der Waals surface area contributed by atoms with Crippen LogP contribution < -0.4 is 4.74 Å². The van der Waals surface area contributed by atoms with Gasteiger partial charge >= 0.3 is 0 Å². The molecule has 1 fully saturated rings. The predicted molar refractivity (Wildman–Crippen MR) is 127 cm³/mol. The fourth-order valence-corrected chi connectivity index (χ4v) is 4.53. The Labute approximate surface area is 194 Å². The molecule has 0 aliphatic carbocycles. The lowest BCUT2D eigenvalue weighted by Crippen LogP contribution is -2.38. The molecule has 0 N–H and O–H groups in total. The number of amides is 2. The molecule has 0 bridgehead atoms. The molecular weight excluding hydrogens is 416 g/mol. The third-order valence-corrected chi connectivity index (χ3v) is 6.33. The maximum atomic E-state index is 13.4. The number of carbonyl (C=O) groups excluding carboxylic acids is 2. The highest BCUT2D eigenvalue weighted by Gasteiger charge is 2.33. The monoisotopic (exact) mass is 446 g/mol. The fraction of sp³-hybridized carbons (Fsp3) is 0.346. The topological polar surface area (TPSA) is 67.7 Å². The van der Waals surface area contributed by atoms with Gasteiger partial charge in [-0.15, -0.1) is 0 Å². The van der Waals surface area contributed by atoms with E-state index in [2.05, 4.69) is 17.2 Å². The molecule has 1 aliphatic rings. The van der Waals surface area contributed by atoms with E-state index in [-0.39, 0.29) is 17.7 Å². The van der Waals surface area contributed by atoms with Gasteiger partial charge in [0.2, 0.25) is 5.91 Å². The first-order chi connectivity index (χ1) is 16.0. The summed E-state index contributed by atoms with van der Waals surface area (Å²) >= 11 is 0. The van der Waals surface area contributed by atoms with Gasteiger partial charge in [0.25, 0.3) is 5.91 Å². The number of carbonyl (C=O) groups is 2. The summed E-state index contributed by atoms with van der Waals surface area (Å²) in [6.45, 7) is 4.02. The third kappa shape index (κ3) is 4.62. The number of aryl methyl sites for hydroxylation is 1. The molecule has 0 spiro atoms. The Kier molecular flexibility index (Phi) is 6.77. The van der Waals surface area contributed by atoms with Crippen LogP contribution in [0.1, 0.15) is 23.0 Å². The minimum absolute atomic E-state index is 0.0904. The van der Waals surface area contributed by atoms with Gasteiger partial charge in [-0.3, -0.25) is 14.3 Å². The lowest BCUT2D eigenvalue weighted by atomic mass is 9.91. The number of aromatic nitrogens is 2. The van der Waals surface area contributed by atoms with E-state index in [4.69, 9.17) is 4.74 Å². The number of likely N-dealkylation sites (N-methyl/N-ethyl adjacent to an activating group) is 1. The first-order valence-corrected chi connectivity index (χ1v) is 11.3. The highest BCUT2D eigenvalue weighted by atomic mass is 16.5. The molecule has 2 amide bonds. The van der Waals surface area contributed by atoms with Crippen molar-refractivity contribution in [1.82, 2.24) is 19.6 Å². The SMILES string of the molecule is CCN1CCN(C(=O)c2ccnn2C)CC(Cc2ccccc2-c2ccccc2OC)C1=O. The van der Waals surface area contributed by atoms with E-state index < -0.39 is 0 Å². The molecule has 1 unspecified atom stereocenters. The molecule has 2 heterocycles. The van der Waals surface area contributed by atoms with Crippen molar-refractivity contribution in [1.29, 1.82) is 0 Å². The van der Waals surface area contributed by atoms with Gasteiger partial charge in [-0.1, -0.05) is 42.5 Å². The third-order valence-electron chi connectivity index (χ3n) is 6.33. The molecule has 2 aromatic carbocycles. The molecule has 172 valence electrons. The molecule has 33 heavy (non-hydrogen) atoms. The summed E-state index contributed by atoms with van der Waals surface area (Å²) in [7, 11) is 3.42. The van der Waals surface area contributed by atoms with Gasteiger partial charge in [0.1, 0.15) is 11.4 Å². The van der Waals surface area contributed by atoms with Crippen molar-refractivity contribution in [2.75, 3.05) is 33.3 Å². The van der Waals surface area contributed by atoms with E-state index in [1.165, 1.54) is 0 Å². The maximum absolute atomic E-state index is 13.4. The zero-order valence-electron chi connectivity index (χ0n) is 19.4. The first kappa shape index (κ1) is 22.6. The van der Waals surface area contributed by atoms with E-state index >= 15 is 0 Å². The zero-order valence-corrected chi connectivity index (χ0v) is 19.4. The van der Waals surface area contributed by atoms with Gasteiger partial charge in [-0.05, 0) is 36.6 Å². The number of para-hydroxylation sites is 1. The second-order valence-electron chi connectivity index (χ2n) is 8.27. The normalized spacial score (nSPS) is 16.6. The van der Waals surface area contributed by atoms with E-state index in [0.717, 1.165) is 22.4 Å². The quantitative estimate of drug-likeness (QED) is 0.583. The Bertz CT molecular complexity index is 1140. The van der Waals surface area contributed by atoms with Crippen molar-refractivity contribution in [2.45, 2.75) is 13.3 Å². The van der Waals surface area contributed by atoms with Crippen LogP contribution in [0.25, 0.3) is 11.1 Å². The molecule has 7 heteroatoms. The van der Waals surface area contributed by atoms with Crippen molar-refractivity contribution in [3.63, 3.8) is 0 Å². The highest BCUT2D eigenvalue weighted by Crippen LogP contribution is 2.33. The Balaban J connectivity index is 1.66. The van der Waals surface area contributed by atoms with Crippen LogP contribution in [0.2, 0.25) is 0 Å². The van der Waals surface area contributed by atoms with Crippen molar-refractivity contribution >= 4 is 11.8 Å². The van der Waals surface area contributed by atoms with E-state index in [1.807, 2.05) is 48.2 Å². The summed E-state index contributed by atoms with van der Waals surface area (Å²) < 4.78 is 7.17. The van der Waals surface area contributed by atoms with Crippen LogP contribution in [-0.2, 0) is 18.3 Å². The molecule has 7 nitrogen and oxygen atoms in total. The van der Waals surface area contributed by atoms with E-state index in [9.17, 15) is 9.59 Å². The van der Waals surface area contributed by atoms with Crippen molar-refractivity contribution < 1.29 is 14.3 Å². The summed E-state index contributed by atoms with van der Waals surface area (Å²) in [5.41, 5.74) is 3.62. The molecule has 3 aromatic rings. The molecule has 1 aromatic heterocycles. The maximum Gasteiger partial charge on any atom is 0.272 e. The van der Waals surface area contributed by atoms with E-state index in [0.29, 0.717) is 38.3 Å². The Morgan fingerprint density at radius 3 is 2.48 bits per heavy atom. The lowest BCUT2D eigenvalue weighted by Gasteiger charge is -2.24. The standard InChI is InChI=1S/C26H30N4O3/c1-4-29-15-16-30(26(32)23-13-14-27-28(23)2)18-20(25(29)31)17-19-9-5-6-10-21(19)22-11-7-8-12-24(22)33-3/h5-14,20H,4,15-18H2,1-3H3. The van der Waals surface area contributed by atoms with Gasteiger partial charge in [0.05, 0.1) is 13.0 Å². The van der Waals surface area contributed by atoms with Gasteiger partial charge in [-0.25, -0.2) is 0 Å². The van der Waals surface area contributed by atoms with Crippen LogP contribution in [0.3, 0.4) is 0 Å². The van der Waals surface area contributed by atoms with E-state index in [1.54, 1.807) is 36.0 Å². The summed E-state index contributed by atoms with van der Waals surface area (Å²) in [4.78, 5) is 30.3. The molecule has 0 radical (unpaired) electrons. The van der Waals surface area contributed by atoms with Gasteiger partial charge in [-0.2, -0.15) is 5.10 Å². The van der Waals surface area contributed by atoms with Crippen molar-refractivity contribution in [3.05, 3.63) is 72.1 Å². The van der Waals surface area contributed by atoms with Crippen molar-refractivity contribution in [2.24, 2.45) is 13.0 Å². The Morgan fingerprint density at radius 1 is 1.06 bits per heavy atom. The number of benzene rings is 2. The fourth-order valence-electron chi connectivity index (χ4n) is 4.53. The molecule has 4 rings (SSSR count). The van der Waals surface area contributed by atoms with Gasteiger partial charge in [0.15, 0.2) is 0 Å². The first-order valence-electron chi connectivity index (χ1n) is 11.3. The molecule has 1 saturated heterocycles. The van der Waals surface area contributed by atoms with Crippen LogP contribution in [0.5, 0.6) is 5.75 Å². The van der Waals surface area contributed by atoms with Crippen LogP contribution in [0, 0.1) is 5.92 Å². The van der Waals surface area contributed by atoms with Crippen LogP contribution in [0.4, 0.5) is 0 Å². The van der Waals surface area contributed by atoms with Crippen LogP contribution in [-0.4, -0.2) is 64.7 Å². The number of nitrogens with zero attached hydrogens (tertiary/aromatic N) is 4. The molecule has 1 aliphatic heterocycles. The predicted octanol–water partition coefficient (Wildman–Crippen LogP) is 3.26. The zero-order chi connectivity index (χ0) is 23.4. The number of methoxy groups -OCH3 is 1. The van der Waals surface area contributed by atoms with Crippen LogP contribution in [0.15, 0.2) is 60.8 Å². The number of rotatable bonds is 6. The molecule has 1 atom stereocenters. The average molecular weight is 447 g/mol. The average Bonchev–Trinajstić information content (AvgIpc) is 3.21. The Hall–Kier alpha value is -3.61. The smallest absolute Gasteiger partial charge is 0.272 e. The minimum Gasteiger partial charge on any atom is -0.496 e. The Morgan fingerprint density at radius 2 is 1.79 bits per heavy atom. The highest BCUT2D eigenvalue weighted by molar-refractivity contribution is 5.93. The number of hydrogen-bond donors (Lipinski definition) is 0. The molecule has 0 saturated carbocycles. The largest absolute Gasteiger partial charge is 0.496 e. The minimum atomic E-state index is -0.333. The summed E-state index contributed by atoms with van der Waals surface area (Å²) in [6.07, 6.45) is 2.16. The second kappa shape index (κ2) is 9.90. The number of ether oxygens (including phenoxy) is 1. The molecular formula is C26H30N4O3. The lowest BCUT2D eigenvalue weighted by molar-refractivity contribution is -0.134. The summed E-state index contributed by atoms with van der Waals surface area (Å²) in [5.74, 6) is 0.456. The van der Waals surface area contributed by atoms with Gasteiger partial charge in [0, 0.05) is 45.0 Å². The summed E-state index contributed by atoms with van der Waals surface area (Å²) in [6, 6.07) is 17.7. The van der Waals surface area contributed by atoms with Crippen LogP contribution >= 0.6 is 0 Å². The van der Waals surface area contributed by atoms with Gasteiger partial charge < -0.3 is 14.5 Å². The second-order valence-corrected chi connectivity index (χ2v) is 8.27.